The molecule has 0 unspecified atom stereocenters. The normalized spacial score (nSPS) is 31.7. The van der Waals surface area contributed by atoms with E-state index < -0.39 is 0 Å². The molecule has 4 aliphatic rings. The van der Waals surface area contributed by atoms with Crippen LogP contribution in [0.5, 0.6) is 5.75 Å². The third-order valence-electron chi connectivity index (χ3n) is 7.13. The van der Waals surface area contributed by atoms with Crippen LogP contribution in [0.3, 0.4) is 0 Å². The molecule has 30 heavy (non-hydrogen) atoms. The molecule has 0 aliphatic heterocycles. The fraction of sp³-hybridized carbons (Fsp3) is 0.583. The van der Waals surface area contributed by atoms with Gasteiger partial charge in [0.2, 0.25) is 5.91 Å². The van der Waals surface area contributed by atoms with Gasteiger partial charge in [0.1, 0.15) is 5.75 Å². The maximum Gasteiger partial charge on any atom is 0.226 e. The maximum atomic E-state index is 13.0. The van der Waals surface area contributed by atoms with Crippen LogP contribution in [0.25, 0.3) is 11.3 Å². The van der Waals surface area contributed by atoms with Crippen molar-refractivity contribution in [2.24, 2.45) is 17.3 Å². The van der Waals surface area contributed by atoms with Crippen LogP contribution in [-0.4, -0.2) is 21.8 Å². The molecular weight excluding hydrogens is 460 g/mol. The number of benzene rings is 1. The summed E-state index contributed by atoms with van der Waals surface area (Å²) in [7, 11) is 0. The molecule has 4 saturated carbocycles. The summed E-state index contributed by atoms with van der Waals surface area (Å²) in [4.78, 5) is 18.9. The van der Waals surface area contributed by atoms with Gasteiger partial charge in [-0.25, -0.2) is 4.98 Å². The molecule has 6 heteroatoms. The molecule has 160 valence electrons. The van der Waals surface area contributed by atoms with Gasteiger partial charge in [-0.2, -0.15) is 0 Å². The van der Waals surface area contributed by atoms with Crippen LogP contribution < -0.4 is 10.1 Å². The molecule has 4 aliphatic carbocycles. The predicted octanol–water partition coefficient (Wildman–Crippen LogP) is 6.58. The summed E-state index contributed by atoms with van der Waals surface area (Å²) in [5.74, 6) is 2.58. The van der Waals surface area contributed by atoms with Crippen molar-refractivity contribution in [1.29, 1.82) is 0 Å². The van der Waals surface area contributed by atoms with E-state index in [0.717, 1.165) is 40.1 Å². The number of carbonyl (C=O) groups is 1. The third-order valence-corrected chi connectivity index (χ3v) is 8.94. The first-order valence-corrected chi connectivity index (χ1v) is 12.7. The average Bonchev–Trinajstić information content (AvgIpc) is 3.00. The van der Waals surface area contributed by atoms with E-state index in [1.807, 2.05) is 31.2 Å². The highest BCUT2D eigenvalue weighted by Crippen LogP contribution is 2.65. The van der Waals surface area contributed by atoms with E-state index in [-0.39, 0.29) is 15.6 Å². The second-order valence-corrected chi connectivity index (χ2v) is 12.6. The van der Waals surface area contributed by atoms with Crippen molar-refractivity contribution < 1.29 is 9.53 Å². The number of aromatic nitrogens is 1. The number of nitrogens with one attached hydrogen (secondary N) is 1. The number of halogens is 1. The first-order valence-electron chi connectivity index (χ1n) is 11.0. The lowest BCUT2D eigenvalue weighted by Crippen LogP contribution is -2.53. The fourth-order valence-electron chi connectivity index (χ4n) is 6.64. The van der Waals surface area contributed by atoms with Gasteiger partial charge in [0, 0.05) is 21.2 Å². The Balaban J connectivity index is 1.27. The van der Waals surface area contributed by atoms with E-state index in [9.17, 15) is 4.79 Å². The molecule has 2 atom stereocenters. The number of alkyl halides is 1. The Bertz CT molecular complexity index is 941. The molecule has 0 spiro atoms. The molecule has 1 aromatic heterocycles. The number of carbonyl (C=O) groups excluding carboxylic acids is 1. The average molecular weight is 489 g/mol. The summed E-state index contributed by atoms with van der Waals surface area (Å²) in [6.07, 6.45) is 8.18. The quantitative estimate of drug-likeness (QED) is 0.467. The lowest BCUT2D eigenvalue weighted by Gasteiger charge is -2.60. The zero-order chi connectivity index (χ0) is 20.9. The Kier molecular flexibility index (Phi) is 5.21. The molecule has 2 aromatic rings. The summed E-state index contributed by atoms with van der Waals surface area (Å²) in [6, 6.07) is 8.01. The number of anilines is 1. The molecule has 6 rings (SSSR count). The number of amides is 1. The first kappa shape index (κ1) is 20.5. The molecule has 0 radical (unpaired) electrons. The summed E-state index contributed by atoms with van der Waals surface area (Å²) >= 11 is 5.61. The third kappa shape index (κ3) is 3.93. The number of hydrogen-bond acceptors (Lipinski definition) is 4. The van der Waals surface area contributed by atoms with E-state index in [0.29, 0.717) is 18.2 Å². The highest BCUT2D eigenvalue weighted by atomic mass is 79.9. The minimum absolute atomic E-state index is 0.125. The van der Waals surface area contributed by atoms with Crippen LogP contribution in [0.15, 0.2) is 24.3 Å². The van der Waals surface area contributed by atoms with Crippen molar-refractivity contribution in [3.8, 4) is 17.0 Å². The van der Waals surface area contributed by atoms with Crippen LogP contribution in [0.4, 0.5) is 5.13 Å². The Labute approximate surface area is 190 Å². The second-order valence-electron chi connectivity index (χ2n) is 9.72. The number of hydrogen-bond donors (Lipinski definition) is 1. The number of nitrogens with zero attached hydrogens (tertiary/aromatic N) is 1. The predicted molar refractivity (Wildman–Crippen MR) is 125 cm³/mol. The van der Waals surface area contributed by atoms with E-state index in [4.69, 9.17) is 9.72 Å². The van der Waals surface area contributed by atoms with E-state index in [1.165, 1.54) is 32.1 Å². The van der Waals surface area contributed by atoms with Crippen LogP contribution in [-0.2, 0) is 4.79 Å². The van der Waals surface area contributed by atoms with Crippen molar-refractivity contribution >= 4 is 38.3 Å². The molecule has 1 amide bonds. The number of aryl methyl sites for hydroxylation is 1. The van der Waals surface area contributed by atoms with Gasteiger partial charge in [-0.05, 0) is 93.9 Å². The van der Waals surface area contributed by atoms with Crippen molar-refractivity contribution in [1.82, 2.24) is 4.98 Å². The lowest BCUT2D eigenvalue weighted by molar-refractivity contribution is -0.123. The smallest absolute Gasteiger partial charge is 0.226 e. The van der Waals surface area contributed by atoms with Gasteiger partial charge in [0.25, 0.3) is 0 Å². The summed E-state index contributed by atoms with van der Waals surface area (Å²) < 4.78 is 5.82. The Morgan fingerprint density at radius 2 is 1.93 bits per heavy atom. The number of ether oxygens (including phenoxy) is 1. The van der Waals surface area contributed by atoms with Gasteiger partial charge in [-0.15, -0.1) is 11.3 Å². The molecule has 1 heterocycles. The van der Waals surface area contributed by atoms with Crippen molar-refractivity contribution in [3.63, 3.8) is 0 Å². The van der Waals surface area contributed by atoms with Crippen LogP contribution in [0, 0.1) is 24.2 Å². The van der Waals surface area contributed by atoms with E-state index in [2.05, 4.69) is 28.2 Å². The van der Waals surface area contributed by atoms with Gasteiger partial charge in [0.05, 0.1) is 12.3 Å². The Morgan fingerprint density at radius 3 is 2.57 bits per heavy atom. The fourth-order valence-corrected chi connectivity index (χ4v) is 9.00. The Morgan fingerprint density at radius 1 is 1.23 bits per heavy atom. The summed E-state index contributed by atoms with van der Waals surface area (Å²) in [5.41, 5.74) is 2.17. The van der Waals surface area contributed by atoms with Crippen LogP contribution >= 0.6 is 27.3 Å². The topological polar surface area (TPSA) is 51.2 Å². The van der Waals surface area contributed by atoms with Gasteiger partial charge in [0.15, 0.2) is 5.13 Å². The highest BCUT2D eigenvalue weighted by Gasteiger charge is 2.57. The standard InChI is InChI=1S/C24H29BrN2O2S/c1-3-29-19-6-4-18(5-7-19)21-15(2)30-22(27-21)26-20(28)13-23-9-16-8-17(10-23)12-24(25,11-16)14-23/h4-7,16-17H,3,8-14H2,1-2H3,(H,26,27,28)/t16-,17-,23?,24?/m1/s1. The molecule has 1 aromatic carbocycles. The lowest BCUT2D eigenvalue weighted by atomic mass is 9.48. The first-order chi connectivity index (χ1) is 14.4. The van der Waals surface area contributed by atoms with E-state index >= 15 is 0 Å². The molecule has 4 bridgehead atoms. The minimum Gasteiger partial charge on any atom is -0.494 e. The van der Waals surface area contributed by atoms with Crippen LogP contribution in [0.2, 0.25) is 0 Å². The zero-order valence-corrected chi connectivity index (χ0v) is 20.1. The van der Waals surface area contributed by atoms with Gasteiger partial charge < -0.3 is 10.1 Å². The van der Waals surface area contributed by atoms with E-state index in [1.54, 1.807) is 11.3 Å². The molecule has 0 saturated heterocycles. The van der Waals surface area contributed by atoms with Crippen LogP contribution in [0.1, 0.15) is 56.7 Å². The summed E-state index contributed by atoms with van der Waals surface area (Å²) in [6.45, 7) is 4.70. The monoisotopic (exact) mass is 488 g/mol. The second kappa shape index (κ2) is 7.63. The number of rotatable bonds is 6. The maximum absolute atomic E-state index is 13.0. The number of thiazole rings is 1. The highest BCUT2D eigenvalue weighted by molar-refractivity contribution is 9.10. The largest absolute Gasteiger partial charge is 0.494 e. The van der Waals surface area contributed by atoms with Crippen molar-refractivity contribution in [3.05, 3.63) is 29.1 Å². The SMILES string of the molecule is CCOc1ccc(-c2nc(NC(=O)CC34C[C@H]5C[C@@H](CC(Br)(C5)C3)C4)sc2C)cc1. The summed E-state index contributed by atoms with van der Waals surface area (Å²) in [5, 5.41) is 3.83. The molecular formula is C24H29BrN2O2S. The van der Waals surface area contributed by atoms with Crippen molar-refractivity contribution in [2.75, 3.05) is 11.9 Å². The molecule has 4 nitrogen and oxygen atoms in total. The molecule has 4 fully saturated rings. The van der Waals surface area contributed by atoms with Crippen molar-refractivity contribution in [2.45, 2.75) is 63.1 Å². The van der Waals surface area contributed by atoms with Gasteiger partial charge in [-0.1, -0.05) is 15.9 Å². The van der Waals surface area contributed by atoms with Gasteiger partial charge >= 0.3 is 0 Å². The van der Waals surface area contributed by atoms with Gasteiger partial charge in [-0.3, -0.25) is 4.79 Å². The zero-order valence-electron chi connectivity index (χ0n) is 17.7. The minimum atomic E-state index is 0.125. The Hall–Kier alpha value is -1.40. The molecule has 1 N–H and O–H groups in total.